The molecule has 0 radical (unpaired) electrons. The summed E-state index contributed by atoms with van der Waals surface area (Å²) in [5, 5.41) is 3.02. The summed E-state index contributed by atoms with van der Waals surface area (Å²) in [6.45, 7) is 2.19. The minimum atomic E-state index is -3.35. The van der Waals surface area contributed by atoms with E-state index in [2.05, 4.69) is 20.3 Å². The lowest BCUT2D eigenvalue weighted by atomic mass is 10.3. The molecular formula is C12H14N4O2S. The lowest BCUT2D eigenvalue weighted by molar-refractivity contribution is 0.601. The van der Waals surface area contributed by atoms with Gasteiger partial charge in [0, 0.05) is 25.2 Å². The first-order valence-corrected chi connectivity index (χ1v) is 7.52. The standard InChI is InChI=1S/C12H14N4O2S/c1-9-14-8-11(19(2,17)18)12(16-9)15-7-10-3-5-13-6-4-10/h3-6,8H,7H2,1-2H3,(H,14,15,16). The third-order valence-electron chi connectivity index (χ3n) is 2.48. The SMILES string of the molecule is Cc1ncc(S(C)(=O)=O)c(NCc2ccncc2)n1. The van der Waals surface area contributed by atoms with Crippen LogP contribution in [0.4, 0.5) is 5.82 Å². The first-order valence-electron chi connectivity index (χ1n) is 5.63. The summed E-state index contributed by atoms with van der Waals surface area (Å²) in [5.41, 5.74) is 0.991. The molecule has 0 aliphatic heterocycles. The van der Waals surface area contributed by atoms with Crippen LogP contribution in [-0.2, 0) is 16.4 Å². The van der Waals surface area contributed by atoms with Crippen molar-refractivity contribution in [1.82, 2.24) is 15.0 Å². The Kier molecular flexibility index (Phi) is 3.75. The van der Waals surface area contributed by atoms with Crippen molar-refractivity contribution in [2.45, 2.75) is 18.4 Å². The van der Waals surface area contributed by atoms with E-state index in [1.54, 1.807) is 19.3 Å². The van der Waals surface area contributed by atoms with Crippen molar-refractivity contribution < 1.29 is 8.42 Å². The largest absolute Gasteiger partial charge is 0.365 e. The molecule has 0 atom stereocenters. The Bertz CT molecular complexity index is 671. The summed E-state index contributed by atoms with van der Waals surface area (Å²) in [4.78, 5) is 12.1. The van der Waals surface area contributed by atoms with Crippen molar-refractivity contribution in [3.63, 3.8) is 0 Å². The van der Waals surface area contributed by atoms with Crippen LogP contribution in [0.3, 0.4) is 0 Å². The van der Waals surface area contributed by atoms with Gasteiger partial charge >= 0.3 is 0 Å². The van der Waals surface area contributed by atoms with E-state index in [4.69, 9.17) is 0 Å². The highest BCUT2D eigenvalue weighted by molar-refractivity contribution is 7.90. The molecule has 6 nitrogen and oxygen atoms in total. The maximum Gasteiger partial charge on any atom is 0.180 e. The predicted octanol–water partition coefficient (Wildman–Crippen LogP) is 1.20. The molecule has 7 heteroatoms. The van der Waals surface area contributed by atoms with Crippen LogP contribution in [0.2, 0.25) is 0 Å². The van der Waals surface area contributed by atoms with E-state index in [9.17, 15) is 8.42 Å². The second-order valence-corrected chi connectivity index (χ2v) is 6.10. The molecule has 100 valence electrons. The van der Waals surface area contributed by atoms with Crippen LogP contribution < -0.4 is 5.32 Å². The number of aryl methyl sites for hydroxylation is 1. The number of sulfone groups is 1. The van der Waals surface area contributed by atoms with Gasteiger partial charge in [0.2, 0.25) is 0 Å². The van der Waals surface area contributed by atoms with E-state index >= 15 is 0 Å². The van der Waals surface area contributed by atoms with Gasteiger partial charge in [-0.05, 0) is 24.6 Å². The van der Waals surface area contributed by atoms with Crippen LogP contribution in [0.5, 0.6) is 0 Å². The average Bonchev–Trinajstić information content (AvgIpc) is 2.36. The lowest BCUT2D eigenvalue weighted by Crippen LogP contribution is -2.10. The first kappa shape index (κ1) is 13.4. The molecule has 0 fully saturated rings. The van der Waals surface area contributed by atoms with E-state index in [-0.39, 0.29) is 4.90 Å². The molecule has 2 rings (SSSR count). The number of nitrogens with zero attached hydrogens (tertiary/aromatic N) is 3. The number of hydrogen-bond acceptors (Lipinski definition) is 6. The Labute approximate surface area is 111 Å². The van der Waals surface area contributed by atoms with Crippen molar-refractivity contribution >= 4 is 15.7 Å². The van der Waals surface area contributed by atoms with E-state index in [1.807, 2.05) is 12.1 Å². The van der Waals surface area contributed by atoms with Gasteiger partial charge in [-0.3, -0.25) is 4.98 Å². The summed E-state index contributed by atoms with van der Waals surface area (Å²) < 4.78 is 23.3. The minimum absolute atomic E-state index is 0.104. The van der Waals surface area contributed by atoms with Gasteiger partial charge in [0.05, 0.1) is 6.20 Å². The highest BCUT2D eigenvalue weighted by atomic mass is 32.2. The van der Waals surface area contributed by atoms with Gasteiger partial charge in [0.25, 0.3) is 0 Å². The highest BCUT2D eigenvalue weighted by Gasteiger charge is 2.15. The maximum absolute atomic E-state index is 11.6. The van der Waals surface area contributed by atoms with E-state index < -0.39 is 9.84 Å². The van der Waals surface area contributed by atoms with Crippen molar-refractivity contribution in [3.05, 3.63) is 42.1 Å². The fraction of sp³-hybridized carbons (Fsp3) is 0.250. The quantitative estimate of drug-likeness (QED) is 0.904. The van der Waals surface area contributed by atoms with Crippen molar-refractivity contribution in [2.24, 2.45) is 0 Å². The van der Waals surface area contributed by atoms with Gasteiger partial charge in [-0.2, -0.15) is 0 Å². The normalized spacial score (nSPS) is 11.3. The van der Waals surface area contributed by atoms with Gasteiger partial charge in [-0.15, -0.1) is 0 Å². The van der Waals surface area contributed by atoms with Crippen LogP contribution in [0.15, 0.2) is 35.6 Å². The fourth-order valence-corrected chi connectivity index (χ4v) is 2.26. The molecule has 19 heavy (non-hydrogen) atoms. The number of pyridine rings is 1. The van der Waals surface area contributed by atoms with Crippen molar-refractivity contribution in [1.29, 1.82) is 0 Å². The molecule has 0 aliphatic rings. The Morgan fingerprint density at radius 1 is 1.26 bits per heavy atom. The third-order valence-corrected chi connectivity index (χ3v) is 3.58. The van der Waals surface area contributed by atoms with E-state index in [0.29, 0.717) is 18.2 Å². The number of anilines is 1. The van der Waals surface area contributed by atoms with Crippen molar-refractivity contribution in [2.75, 3.05) is 11.6 Å². The maximum atomic E-state index is 11.6. The second-order valence-electron chi connectivity index (χ2n) is 4.11. The monoisotopic (exact) mass is 278 g/mol. The number of aromatic nitrogens is 3. The van der Waals surface area contributed by atoms with Gasteiger partial charge in [-0.25, -0.2) is 18.4 Å². The second kappa shape index (κ2) is 5.31. The molecule has 0 amide bonds. The zero-order valence-electron chi connectivity index (χ0n) is 10.7. The zero-order chi connectivity index (χ0) is 13.9. The molecule has 0 aliphatic carbocycles. The van der Waals surface area contributed by atoms with Gasteiger partial charge < -0.3 is 5.32 Å². The molecule has 0 aromatic carbocycles. The summed E-state index contributed by atoms with van der Waals surface area (Å²) in [6.07, 6.45) is 5.82. The third kappa shape index (κ3) is 3.47. The molecule has 0 bridgehead atoms. The number of hydrogen-bond donors (Lipinski definition) is 1. The Morgan fingerprint density at radius 2 is 1.95 bits per heavy atom. The van der Waals surface area contributed by atoms with Crippen LogP contribution in [0.25, 0.3) is 0 Å². The van der Waals surface area contributed by atoms with Gasteiger partial charge in [0.15, 0.2) is 9.84 Å². The van der Waals surface area contributed by atoms with E-state index in [0.717, 1.165) is 11.8 Å². The zero-order valence-corrected chi connectivity index (χ0v) is 11.5. The summed E-state index contributed by atoms with van der Waals surface area (Å²) in [7, 11) is -3.35. The van der Waals surface area contributed by atoms with E-state index in [1.165, 1.54) is 6.20 Å². The van der Waals surface area contributed by atoms with Gasteiger partial charge in [0.1, 0.15) is 16.5 Å². The molecular weight excluding hydrogens is 264 g/mol. The van der Waals surface area contributed by atoms with Gasteiger partial charge in [-0.1, -0.05) is 0 Å². The Morgan fingerprint density at radius 3 is 2.58 bits per heavy atom. The fourth-order valence-electron chi connectivity index (χ4n) is 1.54. The molecule has 1 N–H and O–H groups in total. The number of nitrogens with one attached hydrogen (secondary N) is 1. The molecule has 2 aromatic heterocycles. The minimum Gasteiger partial charge on any atom is -0.365 e. The van der Waals surface area contributed by atoms with Crippen LogP contribution >= 0.6 is 0 Å². The Hall–Kier alpha value is -2.02. The smallest absolute Gasteiger partial charge is 0.180 e. The predicted molar refractivity (Wildman–Crippen MR) is 71.4 cm³/mol. The Balaban J connectivity index is 2.27. The molecule has 0 saturated heterocycles. The van der Waals surface area contributed by atoms with Crippen LogP contribution in [-0.4, -0.2) is 29.6 Å². The topological polar surface area (TPSA) is 84.8 Å². The molecule has 0 unspecified atom stereocenters. The number of rotatable bonds is 4. The summed E-state index contributed by atoms with van der Waals surface area (Å²) >= 11 is 0. The highest BCUT2D eigenvalue weighted by Crippen LogP contribution is 2.18. The average molecular weight is 278 g/mol. The lowest BCUT2D eigenvalue weighted by Gasteiger charge is -2.10. The first-order chi connectivity index (χ1) is 8.97. The molecule has 0 spiro atoms. The molecule has 2 heterocycles. The van der Waals surface area contributed by atoms with Crippen LogP contribution in [0.1, 0.15) is 11.4 Å². The molecule has 2 aromatic rings. The molecule has 0 saturated carbocycles. The van der Waals surface area contributed by atoms with Crippen LogP contribution in [0, 0.1) is 6.92 Å². The summed E-state index contributed by atoms with van der Waals surface area (Å²) in [6, 6.07) is 3.70. The van der Waals surface area contributed by atoms with Crippen molar-refractivity contribution in [3.8, 4) is 0 Å². The summed E-state index contributed by atoms with van der Waals surface area (Å²) in [5.74, 6) is 0.844.